The third-order valence-corrected chi connectivity index (χ3v) is 6.00. The molecule has 6 nitrogen and oxygen atoms in total. The number of carbonyl (C=O) groups is 2. The number of rotatable bonds is 2. The van der Waals surface area contributed by atoms with Crippen LogP contribution in [-0.4, -0.2) is 97.9 Å². The van der Waals surface area contributed by atoms with Crippen LogP contribution in [0.2, 0.25) is 0 Å². The Kier molecular flexibility index (Phi) is 4.92. The molecule has 3 saturated heterocycles. The lowest BCUT2D eigenvalue weighted by Gasteiger charge is -2.46. The largest absolute Gasteiger partial charge is 0.345 e. The maximum atomic E-state index is 12.4. The highest BCUT2D eigenvalue weighted by atomic mass is 16.2. The van der Waals surface area contributed by atoms with E-state index in [0.29, 0.717) is 18.4 Å². The Labute approximate surface area is 139 Å². The van der Waals surface area contributed by atoms with Crippen molar-refractivity contribution in [3.05, 3.63) is 0 Å². The minimum atomic E-state index is 0.281. The van der Waals surface area contributed by atoms with Gasteiger partial charge >= 0.3 is 0 Å². The van der Waals surface area contributed by atoms with Gasteiger partial charge in [-0.15, -0.1) is 0 Å². The normalized spacial score (nSPS) is 26.8. The molecule has 3 aliphatic rings. The fraction of sp³-hybridized carbons (Fsp3) is 0.882. The van der Waals surface area contributed by atoms with Crippen LogP contribution in [0.25, 0.3) is 0 Å². The molecule has 3 fully saturated rings. The van der Waals surface area contributed by atoms with Crippen LogP contribution >= 0.6 is 0 Å². The number of amides is 2. The summed E-state index contributed by atoms with van der Waals surface area (Å²) in [5.74, 6) is 0.563. The molecule has 23 heavy (non-hydrogen) atoms. The smallest absolute Gasteiger partial charge is 0.236 e. The summed E-state index contributed by atoms with van der Waals surface area (Å²) in [6.07, 6.45) is 3.94. The zero-order chi connectivity index (χ0) is 16.4. The van der Waals surface area contributed by atoms with Crippen LogP contribution in [0.15, 0.2) is 0 Å². The first-order chi connectivity index (χ1) is 11.0. The molecule has 0 saturated carbocycles. The van der Waals surface area contributed by atoms with Gasteiger partial charge in [-0.25, -0.2) is 0 Å². The van der Waals surface area contributed by atoms with Crippen LogP contribution in [0.4, 0.5) is 0 Å². The molecule has 0 atom stereocenters. The van der Waals surface area contributed by atoms with E-state index in [1.807, 2.05) is 16.8 Å². The Hall–Kier alpha value is -1.14. The summed E-state index contributed by atoms with van der Waals surface area (Å²) in [6, 6.07) is 0. The highest BCUT2D eigenvalue weighted by Gasteiger charge is 2.40. The Morgan fingerprint density at radius 2 is 1.65 bits per heavy atom. The van der Waals surface area contributed by atoms with Gasteiger partial charge in [0, 0.05) is 46.2 Å². The van der Waals surface area contributed by atoms with Crippen molar-refractivity contribution in [3.8, 4) is 0 Å². The van der Waals surface area contributed by atoms with E-state index in [-0.39, 0.29) is 11.8 Å². The van der Waals surface area contributed by atoms with Gasteiger partial charge in [0.15, 0.2) is 0 Å². The van der Waals surface area contributed by atoms with Gasteiger partial charge in [0.1, 0.15) is 0 Å². The van der Waals surface area contributed by atoms with E-state index < -0.39 is 0 Å². The average Bonchev–Trinajstić information content (AvgIpc) is 2.54. The number of carbonyl (C=O) groups excluding carboxylic acids is 2. The van der Waals surface area contributed by atoms with Crippen molar-refractivity contribution in [1.82, 2.24) is 19.6 Å². The van der Waals surface area contributed by atoms with Gasteiger partial charge in [0.2, 0.25) is 11.8 Å². The van der Waals surface area contributed by atoms with Crippen molar-refractivity contribution >= 4 is 11.8 Å². The number of likely N-dealkylation sites (N-methyl/N-ethyl adjacent to an activating group) is 1. The Morgan fingerprint density at radius 3 is 2.26 bits per heavy atom. The number of piperidine rings is 2. The number of nitrogens with zero attached hydrogens (tertiary/aromatic N) is 4. The van der Waals surface area contributed by atoms with Crippen molar-refractivity contribution in [2.45, 2.75) is 25.7 Å². The van der Waals surface area contributed by atoms with Crippen LogP contribution in [-0.2, 0) is 9.59 Å². The molecule has 6 heteroatoms. The van der Waals surface area contributed by atoms with Gasteiger partial charge in [-0.1, -0.05) is 0 Å². The molecule has 130 valence electrons. The monoisotopic (exact) mass is 322 g/mol. The van der Waals surface area contributed by atoms with Crippen molar-refractivity contribution in [2.24, 2.45) is 5.41 Å². The molecule has 2 amide bonds. The topological polar surface area (TPSA) is 47.1 Å². The Bertz CT molecular complexity index is 452. The van der Waals surface area contributed by atoms with Gasteiger partial charge < -0.3 is 14.7 Å². The molecule has 0 bridgehead atoms. The quantitative estimate of drug-likeness (QED) is 0.723. The number of likely N-dealkylation sites (tertiary alicyclic amines) is 2. The summed E-state index contributed by atoms with van der Waals surface area (Å²) < 4.78 is 0. The molecule has 0 radical (unpaired) electrons. The molecule has 3 rings (SSSR count). The predicted octanol–water partition coefficient (Wildman–Crippen LogP) is 0.0948. The first kappa shape index (κ1) is 16.7. The summed E-state index contributed by atoms with van der Waals surface area (Å²) in [4.78, 5) is 32.6. The molecule has 0 aromatic heterocycles. The minimum absolute atomic E-state index is 0.281. The lowest BCUT2D eigenvalue weighted by Crippen LogP contribution is -2.53. The van der Waals surface area contributed by atoms with E-state index in [9.17, 15) is 9.59 Å². The molecule has 3 aliphatic heterocycles. The zero-order valence-corrected chi connectivity index (χ0v) is 14.6. The van der Waals surface area contributed by atoms with Gasteiger partial charge in [0.25, 0.3) is 0 Å². The standard InChI is InChI=1S/C17H30N4O2/c1-18-9-11-21(12-10-18)16(23)13-20-7-5-17(6-8-20)4-3-15(22)19(2)14-17/h3-14H2,1-2H3. The van der Waals surface area contributed by atoms with E-state index in [1.165, 1.54) is 0 Å². The molecule has 0 unspecified atom stereocenters. The molecule has 0 aliphatic carbocycles. The van der Waals surface area contributed by atoms with Crippen LogP contribution in [0.5, 0.6) is 0 Å². The van der Waals surface area contributed by atoms with Crippen molar-refractivity contribution in [2.75, 3.05) is 66.5 Å². The fourth-order valence-electron chi connectivity index (χ4n) is 4.17. The minimum Gasteiger partial charge on any atom is -0.345 e. The van der Waals surface area contributed by atoms with Gasteiger partial charge in [-0.3, -0.25) is 14.5 Å². The third kappa shape index (κ3) is 3.86. The van der Waals surface area contributed by atoms with Crippen LogP contribution < -0.4 is 0 Å². The molecule has 0 N–H and O–H groups in total. The van der Waals surface area contributed by atoms with Crippen molar-refractivity contribution in [1.29, 1.82) is 0 Å². The lowest BCUT2D eigenvalue weighted by atomic mass is 9.72. The first-order valence-electron chi connectivity index (χ1n) is 8.90. The second-order valence-electron chi connectivity index (χ2n) is 7.71. The van der Waals surface area contributed by atoms with E-state index in [0.717, 1.165) is 65.1 Å². The molecular formula is C17H30N4O2. The third-order valence-electron chi connectivity index (χ3n) is 6.00. The van der Waals surface area contributed by atoms with Crippen molar-refractivity contribution < 1.29 is 9.59 Å². The van der Waals surface area contributed by atoms with E-state index in [4.69, 9.17) is 0 Å². The second-order valence-corrected chi connectivity index (χ2v) is 7.71. The SMILES string of the molecule is CN1CCN(C(=O)CN2CCC3(CCC(=O)N(C)C3)CC2)CC1. The molecule has 1 spiro atoms. The van der Waals surface area contributed by atoms with E-state index >= 15 is 0 Å². The molecule has 0 aromatic rings. The maximum Gasteiger partial charge on any atom is 0.236 e. The summed E-state index contributed by atoms with van der Waals surface area (Å²) in [5.41, 5.74) is 0.302. The fourth-order valence-corrected chi connectivity index (χ4v) is 4.17. The molecular weight excluding hydrogens is 292 g/mol. The second kappa shape index (κ2) is 6.77. The zero-order valence-electron chi connectivity index (χ0n) is 14.6. The van der Waals surface area contributed by atoms with Crippen molar-refractivity contribution in [3.63, 3.8) is 0 Å². The predicted molar refractivity (Wildman–Crippen MR) is 89.1 cm³/mol. The van der Waals surface area contributed by atoms with Crippen LogP contribution in [0.1, 0.15) is 25.7 Å². The summed E-state index contributed by atoms with van der Waals surface area (Å²) in [6.45, 7) is 7.12. The van der Waals surface area contributed by atoms with Gasteiger partial charge in [-0.2, -0.15) is 0 Å². The average molecular weight is 322 g/mol. The van der Waals surface area contributed by atoms with Crippen LogP contribution in [0, 0.1) is 5.41 Å². The first-order valence-corrected chi connectivity index (χ1v) is 8.90. The summed E-state index contributed by atoms with van der Waals surface area (Å²) in [5, 5.41) is 0. The maximum absolute atomic E-state index is 12.4. The van der Waals surface area contributed by atoms with Crippen LogP contribution in [0.3, 0.4) is 0 Å². The summed E-state index contributed by atoms with van der Waals surface area (Å²) >= 11 is 0. The number of hydrogen-bond acceptors (Lipinski definition) is 4. The highest BCUT2D eigenvalue weighted by molar-refractivity contribution is 5.78. The lowest BCUT2D eigenvalue weighted by molar-refractivity contribution is -0.138. The van der Waals surface area contributed by atoms with E-state index in [1.54, 1.807) is 0 Å². The Morgan fingerprint density at radius 1 is 1.00 bits per heavy atom. The van der Waals surface area contributed by atoms with Gasteiger partial charge in [-0.05, 0) is 44.8 Å². The number of hydrogen-bond donors (Lipinski definition) is 0. The summed E-state index contributed by atoms with van der Waals surface area (Å²) in [7, 11) is 4.03. The number of piperazine rings is 1. The molecule has 3 heterocycles. The van der Waals surface area contributed by atoms with E-state index in [2.05, 4.69) is 16.8 Å². The molecule has 0 aromatic carbocycles. The Balaban J connectivity index is 1.46. The highest BCUT2D eigenvalue weighted by Crippen LogP contribution is 2.39. The van der Waals surface area contributed by atoms with Gasteiger partial charge in [0.05, 0.1) is 6.54 Å².